The maximum atomic E-state index is 12.0. The minimum Gasteiger partial charge on any atom is -0.336 e. The maximum Gasteiger partial charge on any atom is 0.223 e. The summed E-state index contributed by atoms with van der Waals surface area (Å²) in [5.41, 5.74) is 2.79. The molecule has 3 rings (SSSR count). The van der Waals surface area contributed by atoms with Gasteiger partial charge in [-0.05, 0) is 48.9 Å². The van der Waals surface area contributed by atoms with E-state index in [1.807, 2.05) is 0 Å². The number of rotatable bonds is 0. The van der Waals surface area contributed by atoms with Crippen LogP contribution in [0.1, 0.15) is 42.9 Å². The highest BCUT2D eigenvalue weighted by atomic mass is 79.9. The number of halogens is 1. The van der Waals surface area contributed by atoms with Gasteiger partial charge in [0, 0.05) is 17.4 Å². The number of fused-ring (bicyclic) bond motifs is 3. The fraction of sp³-hybridized carbons (Fsp3) is 0.500. The normalized spacial score (nSPS) is 23.9. The van der Waals surface area contributed by atoms with Gasteiger partial charge in [0.05, 0.1) is 6.04 Å². The second-order valence-corrected chi connectivity index (χ2v) is 5.86. The summed E-state index contributed by atoms with van der Waals surface area (Å²) in [5, 5.41) is 0. The van der Waals surface area contributed by atoms with Crippen LogP contribution >= 0.6 is 15.9 Å². The van der Waals surface area contributed by atoms with Crippen LogP contribution in [0.5, 0.6) is 0 Å². The van der Waals surface area contributed by atoms with Gasteiger partial charge in [0.2, 0.25) is 5.91 Å². The van der Waals surface area contributed by atoms with Crippen LogP contribution in [0.4, 0.5) is 0 Å². The molecule has 90 valence electrons. The Morgan fingerprint density at radius 1 is 1.24 bits per heavy atom. The largest absolute Gasteiger partial charge is 0.336 e. The third-order valence-electron chi connectivity index (χ3n) is 3.87. The number of hydrogen-bond donors (Lipinski definition) is 0. The molecule has 0 aliphatic carbocycles. The van der Waals surface area contributed by atoms with Crippen LogP contribution in [0.2, 0.25) is 0 Å². The van der Waals surface area contributed by atoms with E-state index in [-0.39, 0.29) is 0 Å². The Kier molecular flexibility index (Phi) is 2.95. The van der Waals surface area contributed by atoms with E-state index in [0.29, 0.717) is 18.4 Å². The molecule has 1 fully saturated rings. The first-order chi connectivity index (χ1) is 8.25. The first-order valence-electron chi connectivity index (χ1n) is 6.33. The third kappa shape index (κ3) is 2.01. The Balaban J connectivity index is 2.05. The number of carbonyl (C=O) groups is 1. The zero-order valence-electron chi connectivity index (χ0n) is 9.79. The number of carbonyl (C=O) groups excluding carboxylic acids is 1. The van der Waals surface area contributed by atoms with Crippen molar-refractivity contribution in [3.63, 3.8) is 0 Å². The molecule has 1 saturated heterocycles. The highest BCUT2D eigenvalue weighted by Crippen LogP contribution is 2.37. The number of hydrogen-bond acceptors (Lipinski definition) is 1. The highest BCUT2D eigenvalue weighted by Gasteiger charge is 2.32. The Morgan fingerprint density at radius 2 is 2.12 bits per heavy atom. The molecule has 1 atom stereocenters. The third-order valence-corrected chi connectivity index (χ3v) is 4.37. The summed E-state index contributed by atoms with van der Waals surface area (Å²) in [5.74, 6) is 0.348. The van der Waals surface area contributed by atoms with Gasteiger partial charge in [-0.3, -0.25) is 4.79 Å². The van der Waals surface area contributed by atoms with E-state index < -0.39 is 0 Å². The van der Waals surface area contributed by atoms with Gasteiger partial charge in [-0.1, -0.05) is 22.0 Å². The van der Waals surface area contributed by atoms with Crippen LogP contribution in [-0.2, 0) is 11.2 Å². The van der Waals surface area contributed by atoms with Gasteiger partial charge in [-0.25, -0.2) is 0 Å². The first-order valence-corrected chi connectivity index (χ1v) is 7.13. The smallest absolute Gasteiger partial charge is 0.223 e. The number of nitrogens with zero attached hydrogens (tertiary/aromatic N) is 1. The summed E-state index contributed by atoms with van der Waals surface area (Å²) < 4.78 is 1.15. The van der Waals surface area contributed by atoms with Crippen molar-refractivity contribution >= 4 is 21.8 Å². The Bertz CT molecular complexity index is 458. The summed E-state index contributed by atoms with van der Waals surface area (Å²) in [6, 6.07) is 6.86. The molecule has 2 aliphatic heterocycles. The van der Waals surface area contributed by atoms with Crippen LogP contribution in [0, 0.1) is 0 Å². The van der Waals surface area contributed by atoms with Gasteiger partial charge in [0.15, 0.2) is 0 Å². The number of benzene rings is 1. The van der Waals surface area contributed by atoms with Crippen LogP contribution in [0.25, 0.3) is 0 Å². The van der Waals surface area contributed by atoms with Crippen LogP contribution in [-0.4, -0.2) is 17.4 Å². The van der Waals surface area contributed by atoms with E-state index in [4.69, 9.17) is 0 Å². The number of aryl methyl sites for hydroxylation is 1. The Morgan fingerprint density at radius 3 is 3.00 bits per heavy atom. The van der Waals surface area contributed by atoms with Crippen molar-refractivity contribution in [1.82, 2.24) is 4.90 Å². The average molecular weight is 294 g/mol. The quantitative estimate of drug-likeness (QED) is 0.717. The van der Waals surface area contributed by atoms with Gasteiger partial charge >= 0.3 is 0 Å². The van der Waals surface area contributed by atoms with Crippen LogP contribution in [0.15, 0.2) is 22.7 Å². The fourth-order valence-corrected chi connectivity index (χ4v) is 3.49. The molecule has 3 heteroatoms. The summed E-state index contributed by atoms with van der Waals surface area (Å²) in [4.78, 5) is 14.1. The Labute approximate surface area is 110 Å². The molecule has 0 spiro atoms. The maximum absolute atomic E-state index is 12.0. The van der Waals surface area contributed by atoms with Gasteiger partial charge in [0.1, 0.15) is 0 Å². The molecule has 0 bridgehead atoms. The predicted molar refractivity (Wildman–Crippen MR) is 70.8 cm³/mol. The van der Waals surface area contributed by atoms with E-state index in [9.17, 15) is 4.79 Å². The molecule has 0 N–H and O–H groups in total. The summed E-state index contributed by atoms with van der Waals surface area (Å²) in [6.45, 7) is 0.943. The van der Waals surface area contributed by atoms with E-state index >= 15 is 0 Å². The highest BCUT2D eigenvalue weighted by molar-refractivity contribution is 9.10. The number of amides is 1. The van der Waals surface area contributed by atoms with Crippen molar-refractivity contribution in [2.75, 3.05) is 6.54 Å². The lowest BCUT2D eigenvalue weighted by atomic mass is 9.93. The minimum atomic E-state index is 0.339. The van der Waals surface area contributed by atoms with Crippen molar-refractivity contribution in [2.24, 2.45) is 0 Å². The molecule has 2 heterocycles. The monoisotopic (exact) mass is 293 g/mol. The summed E-state index contributed by atoms with van der Waals surface area (Å²) in [6.07, 6.45) is 4.99. The fourth-order valence-electron chi connectivity index (χ4n) is 3.08. The lowest BCUT2D eigenvalue weighted by Crippen LogP contribution is -2.32. The van der Waals surface area contributed by atoms with Gasteiger partial charge < -0.3 is 4.90 Å². The average Bonchev–Trinajstić information content (AvgIpc) is 2.76. The molecule has 17 heavy (non-hydrogen) atoms. The van der Waals surface area contributed by atoms with E-state index in [2.05, 4.69) is 39.0 Å². The molecule has 2 nitrogen and oxygen atoms in total. The Hall–Kier alpha value is -0.830. The molecular weight excluding hydrogens is 278 g/mol. The molecule has 1 amide bonds. The van der Waals surface area contributed by atoms with Crippen LogP contribution in [0.3, 0.4) is 0 Å². The lowest BCUT2D eigenvalue weighted by Gasteiger charge is -2.29. The zero-order chi connectivity index (χ0) is 11.8. The van der Waals surface area contributed by atoms with Crippen LogP contribution < -0.4 is 0 Å². The predicted octanol–water partition coefficient (Wildman–Crippen LogP) is 3.45. The molecule has 0 saturated carbocycles. The van der Waals surface area contributed by atoms with Crippen molar-refractivity contribution in [3.8, 4) is 0 Å². The van der Waals surface area contributed by atoms with Crippen molar-refractivity contribution in [2.45, 2.75) is 38.1 Å². The first kappa shape index (κ1) is 11.3. The molecule has 2 aliphatic rings. The van der Waals surface area contributed by atoms with E-state index in [1.54, 1.807) is 0 Å². The lowest BCUT2D eigenvalue weighted by molar-refractivity contribution is -0.132. The molecule has 1 unspecified atom stereocenters. The second-order valence-electron chi connectivity index (χ2n) is 4.94. The van der Waals surface area contributed by atoms with Gasteiger partial charge in [0.25, 0.3) is 0 Å². The standard InChI is InChI=1S/C14H16BrNO/c15-11-6-7-12-10(9-11)3-1-5-14(17)16-8-2-4-13(12)16/h6-7,9,13H,1-5,8H2. The van der Waals surface area contributed by atoms with E-state index in [1.165, 1.54) is 11.1 Å². The second kappa shape index (κ2) is 4.45. The van der Waals surface area contributed by atoms with Gasteiger partial charge in [-0.2, -0.15) is 0 Å². The minimum absolute atomic E-state index is 0.339. The molecule has 0 aromatic heterocycles. The van der Waals surface area contributed by atoms with Gasteiger partial charge in [-0.15, -0.1) is 0 Å². The van der Waals surface area contributed by atoms with Crippen molar-refractivity contribution in [1.29, 1.82) is 0 Å². The topological polar surface area (TPSA) is 20.3 Å². The van der Waals surface area contributed by atoms with Crippen molar-refractivity contribution < 1.29 is 4.79 Å². The zero-order valence-corrected chi connectivity index (χ0v) is 11.4. The summed E-state index contributed by atoms with van der Waals surface area (Å²) >= 11 is 3.54. The van der Waals surface area contributed by atoms with E-state index in [0.717, 1.165) is 36.7 Å². The molecule has 0 radical (unpaired) electrons. The summed E-state index contributed by atoms with van der Waals surface area (Å²) in [7, 11) is 0. The van der Waals surface area contributed by atoms with Crippen molar-refractivity contribution in [3.05, 3.63) is 33.8 Å². The molecule has 1 aromatic carbocycles. The SMILES string of the molecule is O=C1CCCc2cc(Br)ccc2C2CCCN12. The molecular formula is C14H16BrNO. The molecule has 1 aromatic rings.